The molecule has 4 heteroatoms. The molecule has 0 bridgehead atoms. The molecule has 1 fully saturated rings. The fourth-order valence-corrected chi connectivity index (χ4v) is 2.07. The van der Waals surface area contributed by atoms with Crippen molar-refractivity contribution in [3.8, 4) is 0 Å². The van der Waals surface area contributed by atoms with Gasteiger partial charge in [-0.2, -0.15) is 0 Å². The summed E-state index contributed by atoms with van der Waals surface area (Å²) in [5.74, 6) is -0.253. The first-order valence-corrected chi connectivity index (χ1v) is 5.11. The Kier molecular flexibility index (Phi) is 4.07. The maximum Gasteiger partial charge on any atom is 0.231 e. The van der Waals surface area contributed by atoms with Crippen LogP contribution < -0.4 is 5.73 Å². The molecule has 0 unspecified atom stereocenters. The fraction of sp³-hybridized carbons (Fsp3) is 0.800. The highest BCUT2D eigenvalue weighted by Crippen LogP contribution is 2.22. The summed E-state index contributed by atoms with van der Waals surface area (Å²) in [4.78, 5) is 23.7. The van der Waals surface area contributed by atoms with E-state index >= 15 is 0 Å². The van der Waals surface area contributed by atoms with Gasteiger partial charge in [-0.15, -0.1) is 0 Å². The van der Waals surface area contributed by atoms with Gasteiger partial charge < -0.3 is 5.73 Å². The van der Waals surface area contributed by atoms with Crippen molar-refractivity contribution in [2.45, 2.75) is 38.6 Å². The van der Waals surface area contributed by atoms with Crippen molar-refractivity contribution in [3.05, 3.63) is 0 Å². The summed E-state index contributed by atoms with van der Waals surface area (Å²) in [6, 6.07) is 0.381. The van der Waals surface area contributed by atoms with Crippen LogP contribution in [-0.4, -0.2) is 35.7 Å². The average Bonchev–Trinajstić information content (AvgIpc) is 2.52. The smallest absolute Gasteiger partial charge is 0.231 e. The van der Waals surface area contributed by atoms with Crippen molar-refractivity contribution in [1.29, 1.82) is 0 Å². The maximum atomic E-state index is 11.0. The van der Waals surface area contributed by atoms with Crippen LogP contribution in [0.25, 0.3) is 0 Å². The van der Waals surface area contributed by atoms with E-state index in [9.17, 15) is 9.59 Å². The summed E-state index contributed by atoms with van der Waals surface area (Å²) in [6.07, 6.45) is 4.55. The molecule has 0 atom stereocenters. The lowest BCUT2D eigenvalue weighted by atomic mass is 10.2. The molecule has 80 valence electrons. The highest BCUT2D eigenvalue weighted by atomic mass is 16.1. The van der Waals surface area contributed by atoms with Crippen LogP contribution in [0.2, 0.25) is 0 Å². The van der Waals surface area contributed by atoms with Gasteiger partial charge in [-0.05, 0) is 19.8 Å². The van der Waals surface area contributed by atoms with E-state index in [1.165, 1.54) is 12.8 Å². The maximum absolute atomic E-state index is 11.0. The molecular weight excluding hydrogens is 180 g/mol. The summed E-state index contributed by atoms with van der Waals surface area (Å²) in [6.45, 7) is 2.11. The molecular formula is C10H18N2O2. The number of Topliss-reactive ketones (excluding diaryl/α,β-unsaturated/α-hetero) is 1. The molecule has 0 aromatic heterocycles. The third kappa shape index (κ3) is 3.46. The Morgan fingerprint density at radius 1 is 1.29 bits per heavy atom. The van der Waals surface area contributed by atoms with Crippen molar-refractivity contribution < 1.29 is 9.59 Å². The molecule has 0 aromatic rings. The van der Waals surface area contributed by atoms with Gasteiger partial charge in [0.25, 0.3) is 0 Å². The van der Waals surface area contributed by atoms with Gasteiger partial charge in [-0.25, -0.2) is 0 Å². The number of ketones is 1. The summed E-state index contributed by atoms with van der Waals surface area (Å²) < 4.78 is 0. The van der Waals surface area contributed by atoms with Crippen molar-refractivity contribution in [2.75, 3.05) is 13.1 Å². The summed E-state index contributed by atoms with van der Waals surface area (Å²) in [7, 11) is 0. The molecule has 0 heterocycles. The Morgan fingerprint density at radius 2 is 1.86 bits per heavy atom. The number of carbonyl (C=O) groups is 2. The minimum absolute atomic E-state index is 0.0955. The van der Waals surface area contributed by atoms with E-state index in [0.29, 0.717) is 12.6 Å². The van der Waals surface area contributed by atoms with Crippen LogP contribution in [0.5, 0.6) is 0 Å². The Bertz CT molecular complexity index is 206. The second-order valence-corrected chi connectivity index (χ2v) is 4.01. The summed E-state index contributed by atoms with van der Waals surface area (Å²) >= 11 is 0. The largest absolute Gasteiger partial charge is 0.369 e. The van der Waals surface area contributed by atoms with E-state index in [1.54, 1.807) is 6.92 Å². The Labute approximate surface area is 84.4 Å². The molecule has 1 saturated carbocycles. The lowest BCUT2D eigenvalue weighted by Crippen LogP contribution is -2.42. The number of primary amides is 1. The first kappa shape index (κ1) is 11.2. The van der Waals surface area contributed by atoms with E-state index in [0.717, 1.165) is 12.8 Å². The van der Waals surface area contributed by atoms with E-state index in [4.69, 9.17) is 5.73 Å². The van der Waals surface area contributed by atoms with Gasteiger partial charge in [0, 0.05) is 6.04 Å². The average molecular weight is 198 g/mol. The molecule has 1 rings (SSSR count). The molecule has 14 heavy (non-hydrogen) atoms. The van der Waals surface area contributed by atoms with Gasteiger partial charge in [0.2, 0.25) is 5.91 Å². The molecule has 1 amide bonds. The highest BCUT2D eigenvalue weighted by molar-refractivity contribution is 5.80. The molecule has 1 aliphatic rings. The second-order valence-electron chi connectivity index (χ2n) is 4.01. The van der Waals surface area contributed by atoms with Crippen LogP contribution >= 0.6 is 0 Å². The number of hydrogen-bond donors (Lipinski definition) is 1. The minimum atomic E-state index is -0.349. The van der Waals surface area contributed by atoms with Crippen LogP contribution in [0.1, 0.15) is 32.6 Å². The molecule has 0 radical (unpaired) electrons. The number of nitrogens with zero attached hydrogens (tertiary/aromatic N) is 1. The second kappa shape index (κ2) is 5.10. The van der Waals surface area contributed by atoms with E-state index in [1.807, 2.05) is 4.90 Å². The van der Waals surface area contributed by atoms with E-state index in [2.05, 4.69) is 0 Å². The van der Waals surface area contributed by atoms with Crippen LogP contribution in [0.15, 0.2) is 0 Å². The lowest BCUT2D eigenvalue weighted by Gasteiger charge is -2.26. The van der Waals surface area contributed by atoms with Crippen LogP contribution in [0.4, 0.5) is 0 Å². The standard InChI is InChI=1S/C10H18N2O2/c1-8(13)6-12(7-10(11)14)9-4-2-3-5-9/h9H,2-7H2,1H3,(H2,11,14). The zero-order valence-corrected chi connectivity index (χ0v) is 8.66. The van der Waals surface area contributed by atoms with Gasteiger partial charge in [-0.3, -0.25) is 14.5 Å². The summed E-state index contributed by atoms with van der Waals surface area (Å²) in [5.41, 5.74) is 5.14. The number of amides is 1. The zero-order valence-electron chi connectivity index (χ0n) is 8.66. The van der Waals surface area contributed by atoms with Crippen LogP contribution in [-0.2, 0) is 9.59 Å². The number of nitrogens with two attached hydrogens (primary N) is 1. The predicted octanol–water partition coefficient (Wildman–Crippen LogP) is 0.305. The van der Waals surface area contributed by atoms with Gasteiger partial charge in [0.05, 0.1) is 13.1 Å². The molecule has 1 aliphatic carbocycles. The van der Waals surface area contributed by atoms with Crippen molar-refractivity contribution in [1.82, 2.24) is 4.90 Å². The third-order valence-electron chi connectivity index (χ3n) is 2.63. The van der Waals surface area contributed by atoms with Gasteiger partial charge in [0.1, 0.15) is 5.78 Å². The van der Waals surface area contributed by atoms with Gasteiger partial charge >= 0.3 is 0 Å². The van der Waals surface area contributed by atoms with E-state index in [-0.39, 0.29) is 18.2 Å². The lowest BCUT2D eigenvalue weighted by molar-refractivity contribution is -0.122. The molecule has 4 nitrogen and oxygen atoms in total. The summed E-state index contributed by atoms with van der Waals surface area (Å²) in [5, 5.41) is 0. The predicted molar refractivity (Wildman–Crippen MR) is 53.7 cm³/mol. The number of carbonyl (C=O) groups excluding carboxylic acids is 2. The minimum Gasteiger partial charge on any atom is -0.369 e. The number of hydrogen-bond acceptors (Lipinski definition) is 3. The Hall–Kier alpha value is -0.900. The van der Waals surface area contributed by atoms with E-state index < -0.39 is 0 Å². The Morgan fingerprint density at radius 3 is 2.29 bits per heavy atom. The SMILES string of the molecule is CC(=O)CN(CC(N)=O)C1CCCC1. The molecule has 2 N–H and O–H groups in total. The monoisotopic (exact) mass is 198 g/mol. The van der Waals surface area contributed by atoms with Crippen molar-refractivity contribution in [3.63, 3.8) is 0 Å². The quantitative estimate of drug-likeness (QED) is 0.691. The van der Waals surface area contributed by atoms with Gasteiger partial charge in [0.15, 0.2) is 0 Å². The Balaban J connectivity index is 2.50. The molecule has 0 aromatic carbocycles. The highest BCUT2D eigenvalue weighted by Gasteiger charge is 2.24. The third-order valence-corrected chi connectivity index (χ3v) is 2.63. The van der Waals surface area contributed by atoms with Crippen LogP contribution in [0, 0.1) is 0 Å². The van der Waals surface area contributed by atoms with Gasteiger partial charge in [-0.1, -0.05) is 12.8 Å². The first-order chi connectivity index (χ1) is 6.59. The first-order valence-electron chi connectivity index (χ1n) is 5.11. The molecule has 0 aliphatic heterocycles. The zero-order chi connectivity index (χ0) is 10.6. The topological polar surface area (TPSA) is 63.4 Å². The molecule has 0 saturated heterocycles. The molecule has 0 spiro atoms. The normalized spacial score (nSPS) is 17.6. The number of rotatable bonds is 5. The van der Waals surface area contributed by atoms with Crippen molar-refractivity contribution in [2.24, 2.45) is 5.73 Å². The fourth-order valence-electron chi connectivity index (χ4n) is 2.07. The van der Waals surface area contributed by atoms with Crippen molar-refractivity contribution >= 4 is 11.7 Å². The van der Waals surface area contributed by atoms with Crippen LogP contribution in [0.3, 0.4) is 0 Å².